The van der Waals surface area contributed by atoms with Crippen molar-refractivity contribution in [2.24, 2.45) is 0 Å². The zero-order valence-corrected chi connectivity index (χ0v) is 19.4. The third-order valence-corrected chi connectivity index (χ3v) is 7.05. The highest BCUT2D eigenvalue weighted by molar-refractivity contribution is 7.89. The van der Waals surface area contributed by atoms with Gasteiger partial charge in [0.15, 0.2) is 0 Å². The Morgan fingerprint density at radius 1 is 1.06 bits per heavy atom. The maximum absolute atomic E-state index is 12.8. The van der Waals surface area contributed by atoms with Crippen LogP contribution in [0, 0.1) is 13.8 Å². The van der Waals surface area contributed by atoms with Gasteiger partial charge in [0.05, 0.1) is 10.6 Å². The van der Waals surface area contributed by atoms with Crippen LogP contribution in [0.3, 0.4) is 0 Å². The Bertz CT molecular complexity index is 1210. The van der Waals surface area contributed by atoms with Gasteiger partial charge in [-0.1, -0.05) is 18.2 Å². The van der Waals surface area contributed by atoms with E-state index >= 15 is 0 Å². The summed E-state index contributed by atoms with van der Waals surface area (Å²) in [4.78, 5) is 17.1. The number of ether oxygens (including phenoxy) is 1. The lowest BCUT2D eigenvalue weighted by atomic mass is 10.1. The minimum absolute atomic E-state index is 0.137. The Hall–Kier alpha value is -3.23. The number of sulfonamides is 1. The lowest BCUT2D eigenvalue weighted by Crippen LogP contribution is -2.26. The minimum Gasteiger partial charge on any atom is -0.487 e. The van der Waals surface area contributed by atoms with Crippen LogP contribution in [-0.2, 0) is 23.2 Å². The number of pyridine rings is 1. The van der Waals surface area contributed by atoms with Crippen molar-refractivity contribution in [3.63, 3.8) is 0 Å². The van der Waals surface area contributed by atoms with Crippen LogP contribution in [0.5, 0.6) is 5.75 Å². The Kier molecular flexibility index (Phi) is 7.27. The van der Waals surface area contributed by atoms with Gasteiger partial charge < -0.3 is 10.1 Å². The van der Waals surface area contributed by atoms with Crippen molar-refractivity contribution >= 4 is 15.9 Å². The minimum atomic E-state index is -3.66. The Morgan fingerprint density at radius 3 is 2.53 bits per heavy atom. The number of nitrogens with zero attached hydrogens (tertiary/aromatic N) is 2. The van der Waals surface area contributed by atoms with Crippen molar-refractivity contribution in [3.8, 4) is 5.75 Å². The number of hydrogen-bond acceptors (Lipinski definition) is 5. The molecule has 0 saturated heterocycles. The number of carbonyl (C=O) groups excluding carboxylic acids is 1. The van der Waals surface area contributed by atoms with Gasteiger partial charge in [0.2, 0.25) is 10.0 Å². The van der Waals surface area contributed by atoms with Gasteiger partial charge in [-0.05, 0) is 66.9 Å². The summed E-state index contributed by atoms with van der Waals surface area (Å²) in [5.74, 6) is 0.330. The maximum atomic E-state index is 12.8. The van der Waals surface area contributed by atoms with Crippen molar-refractivity contribution in [1.82, 2.24) is 14.6 Å². The summed E-state index contributed by atoms with van der Waals surface area (Å²) in [6.07, 6.45) is 1.71. The van der Waals surface area contributed by atoms with E-state index in [1.807, 2.05) is 42.5 Å². The van der Waals surface area contributed by atoms with Gasteiger partial charge in [-0.25, -0.2) is 12.7 Å². The average Bonchev–Trinajstić information content (AvgIpc) is 2.78. The summed E-state index contributed by atoms with van der Waals surface area (Å²) in [5, 5.41) is 2.86. The largest absolute Gasteiger partial charge is 0.487 e. The molecule has 1 aromatic heterocycles. The molecule has 168 valence electrons. The van der Waals surface area contributed by atoms with E-state index in [4.69, 9.17) is 4.74 Å². The van der Waals surface area contributed by atoms with Crippen LogP contribution >= 0.6 is 0 Å². The van der Waals surface area contributed by atoms with Gasteiger partial charge in [0, 0.05) is 32.4 Å². The van der Waals surface area contributed by atoms with E-state index in [0.717, 1.165) is 21.1 Å². The molecule has 1 N–H and O–H groups in total. The number of rotatable bonds is 8. The first-order chi connectivity index (χ1) is 15.2. The zero-order chi connectivity index (χ0) is 23.3. The first-order valence-electron chi connectivity index (χ1n) is 10.1. The molecule has 0 aliphatic heterocycles. The third-order valence-electron chi connectivity index (χ3n) is 5.10. The topological polar surface area (TPSA) is 88.6 Å². The van der Waals surface area contributed by atoms with Crippen LogP contribution in [0.15, 0.2) is 65.7 Å². The van der Waals surface area contributed by atoms with Crippen LogP contribution < -0.4 is 10.1 Å². The Labute approximate surface area is 189 Å². The highest BCUT2D eigenvalue weighted by Gasteiger charge is 2.23. The second-order valence-electron chi connectivity index (χ2n) is 7.64. The van der Waals surface area contributed by atoms with Crippen LogP contribution in [0.25, 0.3) is 0 Å². The molecule has 1 amide bonds. The molecule has 3 rings (SSSR count). The number of benzene rings is 2. The molecule has 0 saturated carbocycles. The van der Waals surface area contributed by atoms with Crippen molar-refractivity contribution in [3.05, 3.63) is 88.7 Å². The van der Waals surface area contributed by atoms with E-state index in [0.29, 0.717) is 23.5 Å². The second-order valence-corrected chi connectivity index (χ2v) is 9.76. The Morgan fingerprint density at radius 2 is 1.84 bits per heavy atom. The van der Waals surface area contributed by atoms with Crippen LogP contribution in [0.2, 0.25) is 0 Å². The molecule has 2 aromatic carbocycles. The lowest BCUT2D eigenvalue weighted by Gasteiger charge is -2.16. The number of aromatic nitrogens is 1. The smallest absolute Gasteiger partial charge is 0.251 e. The first-order valence-corrected chi connectivity index (χ1v) is 11.6. The van der Waals surface area contributed by atoms with Gasteiger partial charge in [-0.2, -0.15) is 0 Å². The van der Waals surface area contributed by atoms with E-state index in [-0.39, 0.29) is 17.3 Å². The van der Waals surface area contributed by atoms with Gasteiger partial charge in [0.1, 0.15) is 12.4 Å². The molecule has 0 aliphatic rings. The van der Waals surface area contributed by atoms with Crippen LogP contribution in [-0.4, -0.2) is 37.7 Å². The number of aryl methyl sites for hydroxylation is 1. The zero-order valence-electron chi connectivity index (χ0n) is 18.6. The highest BCUT2D eigenvalue weighted by atomic mass is 32.2. The fraction of sp³-hybridized carbons (Fsp3) is 0.250. The van der Waals surface area contributed by atoms with E-state index in [1.165, 1.54) is 20.2 Å². The van der Waals surface area contributed by atoms with Crippen LogP contribution in [0.1, 0.15) is 32.7 Å². The number of hydrogen-bond donors (Lipinski definition) is 1. The third kappa shape index (κ3) is 5.52. The summed E-state index contributed by atoms with van der Waals surface area (Å²) in [6, 6.07) is 16.2. The number of nitrogens with one attached hydrogen (secondary N) is 1. The monoisotopic (exact) mass is 453 g/mol. The van der Waals surface area contributed by atoms with Gasteiger partial charge in [-0.3, -0.25) is 9.78 Å². The van der Waals surface area contributed by atoms with E-state index < -0.39 is 10.0 Å². The average molecular weight is 454 g/mol. The van der Waals surface area contributed by atoms with Crippen molar-refractivity contribution in [1.29, 1.82) is 0 Å². The Balaban J connectivity index is 1.70. The molecule has 0 fully saturated rings. The van der Waals surface area contributed by atoms with E-state index in [1.54, 1.807) is 26.1 Å². The molecular formula is C24H27N3O4S. The molecule has 3 aromatic rings. The SMILES string of the molecule is Cc1cc(C(=O)NCc2cccc(OCc3ccccn3)c2)cc(S(=O)(=O)N(C)C)c1C. The van der Waals surface area contributed by atoms with Gasteiger partial charge in [-0.15, -0.1) is 0 Å². The molecule has 7 nitrogen and oxygen atoms in total. The maximum Gasteiger partial charge on any atom is 0.251 e. The molecule has 32 heavy (non-hydrogen) atoms. The second kappa shape index (κ2) is 9.93. The summed E-state index contributed by atoms with van der Waals surface area (Å²) >= 11 is 0. The van der Waals surface area contributed by atoms with Gasteiger partial charge >= 0.3 is 0 Å². The fourth-order valence-electron chi connectivity index (χ4n) is 3.09. The number of amides is 1. The molecule has 0 unspecified atom stereocenters. The predicted molar refractivity (Wildman–Crippen MR) is 123 cm³/mol. The summed E-state index contributed by atoms with van der Waals surface area (Å²) < 4.78 is 32.2. The van der Waals surface area contributed by atoms with Crippen LogP contribution in [0.4, 0.5) is 0 Å². The predicted octanol–water partition coefficient (Wildman–Crippen LogP) is 3.46. The summed E-state index contributed by atoms with van der Waals surface area (Å²) in [5.41, 5.74) is 3.36. The van der Waals surface area contributed by atoms with Crippen molar-refractivity contribution in [2.75, 3.05) is 14.1 Å². The molecule has 0 spiro atoms. The molecule has 0 bridgehead atoms. The standard InChI is InChI=1S/C24H27N3O4S/c1-17-12-20(14-23(18(17)2)32(29,30)27(3)4)24(28)26-15-19-8-7-10-22(13-19)31-16-21-9-5-6-11-25-21/h5-14H,15-16H2,1-4H3,(H,26,28). The fourth-order valence-corrected chi connectivity index (χ4v) is 4.31. The molecule has 0 atom stereocenters. The molecular weight excluding hydrogens is 426 g/mol. The quantitative estimate of drug-likeness (QED) is 0.564. The first kappa shape index (κ1) is 23.4. The van der Waals surface area contributed by atoms with Crippen molar-refractivity contribution < 1.29 is 17.9 Å². The molecule has 1 heterocycles. The van der Waals surface area contributed by atoms with E-state index in [9.17, 15) is 13.2 Å². The molecule has 0 aliphatic carbocycles. The summed E-state index contributed by atoms with van der Waals surface area (Å²) in [7, 11) is -0.712. The molecule has 8 heteroatoms. The normalized spacial score (nSPS) is 11.4. The summed E-state index contributed by atoms with van der Waals surface area (Å²) in [6.45, 7) is 4.16. The van der Waals surface area contributed by atoms with Gasteiger partial charge in [0.25, 0.3) is 5.91 Å². The molecule has 0 radical (unpaired) electrons. The van der Waals surface area contributed by atoms with E-state index in [2.05, 4.69) is 10.3 Å². The number of carbonyl (C=O) groups is 1. The van der Waals surface area contributed by atoms with Crippen molar-refractivity contribution in [2.45, 2.75) is 31.9 Å². The lowest BCUT2D eigenvalue weighted by molar-refractivity contribution is 0.0950. The highest BCUT2D eigenvalue weighted by Crippen LogP contribution is 2.23.